The van der Waals surface area contributed by atoms with E-state index in [1.807, 2.05) is 43.3 Å². The number of hydrogen-bond acceptors (Lipinski definition) is 3. The third-order valence-corrected chi connectivity index (χ3v) is 3.03. The summed E-state index contributed by atoms with van der Waals surface area (Å²) in [5.41, 5.74) is 7.59. The Hall–Kier alpha value is -2.74. The van der Waals surface area contributed by atoms with Crippen LogP contribution in [0.1, 0.15) is 5.56 Å². The SMILES string of the molecule is Cc1cccc(-c2cccc(Cl)c2)c1OC(N)=O.O=C(O)C(F)(F)F. The van der Waals surface area contributed by atoms with Crippen LogP contribution in [0.15, 0.2) is 42.5 Å². The molecule has 9 heteroatoms. The van der Waals surface area contributed by atoms with Gasteiger partial charge in [-0.05, 0) is 30.2 Å². The molecular formula is C16H13ClF3NO4. The van der Waals surface area contributed by atoms with E-state index in [1.54, 1.807) is 6.07 Å². The van der Waals surface area contributed by atoms with Gasteiger partial charge in [0.1, 0.15) is 5.75 Å². The average molecular weight is 376 g/mol. The maximum Gasteiger partial charge on any atom is 0.490 e. The van der Waals surface area contributed by atoms with Crippen molar-refractivity contribution in [2.45, 2.75) is 13.1 Å². The Balaban J connectivity index is 0.000000381. The monoisotopic (exact) mass is 375 g/mol. The van der Waals surface area contributed by atoms with Gasteiger partial charge in [-0.25, -0.2) is 9.59 Å². The maximum atomic E-state index is 10.9. The number of ether oxygens (including phenoxy) is 1. The Kier molecular flexibility index (Phi) is 6.81. The molecule has 0 unspecified atom stereocenters. The summed E-state index contributed by atoms with van der Waals surface area (Å²) in [4.78, 5) is 19.8. The Labute approximate surface area is 145 Å². The molecule has 2 aromatic carbocycles. The number of aliphatic carboxylic acids is 1. The summed E-state index contributed by atoms with van der Waals surface area (Å²) < 4.78 is 36.8. The number of aryl methyl sites for hydroxylation is 1. The zero-order chi connectivity index (χ0) is 19.2. The molecule has 0 saturated heterocycles. The van der Waals surface area contributed by atoms with E-state index >= 15 is 0 Å². The molecule has 2 rings (SSSR count). The second-order valence-electron chi connectivity index (χ2n) is 4.69. The van der Waals surface area contributed by atoms with Gasteiger partial charge in [0.15, 0.2) is 0 Å². The number of benzene rings is 2. The van der Waals surface area contributed by atoms with Crippen molar-refractivity contribution in [3.05, 3.63) is 53.1 Å². The molecule has 3 N–H and O–H groups in total. The topological polar surface area (TPSA) is 89.6 Å². The number of carboxylic acid groups (broad SMARTS) is 1. The fourth-order valence-electron chi connectivity index (χ4n) is 1.77. The number of halogens is 4. The molecule has 25 heavy (non-hydrogen) atoms. The van der Waals surface area contributed by atoms with E-state index in [9.17, 15) is 18.0 Å². The van der Waals surface area contributed by atoms with E-state index in [2.05, 4.69) is 0 Å². The minimum atomic E-state index is -5.08. The largest absolute Gasteiger partial charge is 0.490 e. The number of carbonyl (C=O) groups is 2. The highest BCUT2D eigenvalue weighted by atomic mass is 35.5. The first-order chi connectivity index (χ1) is 11.5. The lowest BCUT2D eigenvalue weighted by molar-refractivity contribution is -0.192. The second kappa shape index (κ2) is 8.39. The van der Waals surface area contributed by atoms with Crippen LogP contribution in [-0.2, 0) is 4.79 Å². The third kappa shape index (κ3) is 6.34. The molecule has 1 amide bonds. The number of alkyl halides is 3. The summed E-state index contributed by atoms with van der Waals surface area (Å²) in [7, 11) is 0. The molecule has 134 valence electrons. The molecule has 0 spiro atoms. The van der Waals surface area contributed by atoms with Crippen LogP contribution < -0.4 is 10.5 Å². The predicted molar refractivity (Wildman–Crippen MR) is 85.5 cm³/mol. The van der Waals surface area contributed by atoms with Crippen LogP contribution in [-0.4, -0.2) is 23.3 Å². The van der Waals surface area contributed by atoms with E-state index in [-0.39, 0.29) is 0 Å². The number of amides is 1. The molecular weight excluding hydrogens is 363 g/mol. The maximum absolute atomic E-state index is 10.9. The number of para-hydroxylation sites is 1. The van der Waals surface area contributed by atoms with Crippen molar-refractivity contribution in [1.82, 2.24) is 0 Å². The zero-order valence-corrected chi connectivity index (χ0v) is 13.6. The van der Waals surface area contributed by atoms with Gasteiger partial charge in [-0.3, -0.25) is 0 Å². The van der Waals surface area contributed by atoms with Gasteiger partial charge in [0.2, 0.25) is 0 Å². The standard InChI is InChI=1S/C14H12ClNO2.C2HF3O2/c1-9-4-2-7-12(13(9)18-14(16)17)10-5-3-6-11(15)8-10;3-2(4,5)1(6)7/h2-8H,1H3,(H2,16,17);(H,6,7). The lowest BCUT2D eigenvalue weighted by Crippen LogP contribution is -2.21. The highest BCUT2D eigenvalue weighted by molar-refractivity contribution is 6.30. The molecule has 0 aliphatic rings. The molecule has 0 heterocycles. The van der Waals surface area contributed by atoms with E-state index in [0.29, 0.717) is 10.8 Å². The van der Waals surface area contributed by atoms with Crippen LogP contribution in [0.5, 0.6) is 5.75 Å². The first-order valence-electron chi connectivity index (χ1n) is 6.65. The summed E-state index contributed by atoms with van der Waals surface area (Å²) in [6.45, 7) is 1.85. The van der Waals surface area contributed by atoms with Gasteiger partial charge in [-0.2, -0.15) is 13.2 Å². The molecule has 2 aromatic rings. The minimum absolute atomic E-state index is 0.465. The molecule has 5 nitrogen and oxygen atoms in total. The zero-order valence-electron chi connectivity index (χ0n) is 12.8. The Morgan fingerprint density at radius 2 is 1.72 bits per heavy atom. The van der Waals surface area contributed by atoms with Gasteiger partial charge in [0.05, 0.1) is 0 Å². The van der Waals surface area contributed by atoms with Crippen molar-refractivity contribution in [1.29, 1.82) is 0 Å². The normalized spacial score (nSPS) is 10.4. The van der Waals surface area contributed by atoms with Crippen LogP contribution in [0.3, 0.4) is 0 Å². The van der Waals surface area contributed by atoms with Crippen molar-refractivity contribution >= 4 is 23.7 Å². The molecule has 0 atom stereocenters. The number of nitrogens with two attached hydrogens (primary N) is 1. The lowest BCUT2D eigenvalue weighted by Gasteiger charge is -2.11. The van der Waals surface area contributed by atoms with Gasteiger partial charge < -0.3 is 15.6 Å². The van der Waals surface area contributed by atoms with Gasteiger partial charge in [-0.15, -0.1) is 0 Å². The second-order valence-corrected chi connectivity index (χ2v) is 5.12. The summed E-state index contributed by atoms with van der Waals surface area (Å²) in [6.07, 6.45) is -5.91. The minimum Gasteiger partial charge on any atom is -0.475 e. The summed E-state index contributed by atoms with van der Waals surface area (Å²) in [5.74, 6) is -2.29. The van der Waals surface area contributed by atoms with Gasteiger partial charge in [0.25, 0.3) is 0 Å². The van der Waals surface area contributed by atoms with Crippen LogP contribution in [0.2, 0.25) is 5.02 Å². The number of carbonyl (C=O) groups excluding carboxylic acids is 1. The molecule has 0 aliphatic heterocycles. The molecule has 0 bridgehead atoms. The fraction of sp³-hybridized carbons (Fsp3) is 0.125. The Morgan fingerprint density at radius 3 is 2.20 bits per heavy atom. The Morgan fingerprint density at radius 1 is 1.16 bits per heavy atom. The van der Waals surface area contributed by atoms with Gasteiger partial charge >= 0.3 is 18.2 Å². The summed E-state index contributed by atoms with van der Waals surface area (Å²) in [5, 5.41) is 7.75. The Bertz CT molecular complexity index is 778. The predicted octanol–water partition coefficient (Wildman–Crippen LogP) is 4.41. The smallest absolute Gasteiger partial charge is 0.475 e. The van der Waals surface area contributed by atoms with Crippen molar-refractivity contribution in [2.24, 2.45) is 5.73 Å². The van der Waals surface area contributed by atoms with Gasteiger partial charge in [-0.1, -0.05) is 41.9 Å². The van der Waals surface area contributed by atoms with Crippen molar-refractivity contribution < 1.29 is 32.6 Å². The molecule has 0 fully saturated rings. The average Bonchev–Trinajstić information content (AvgIpc) is 2.48. The van der Waals surface area contributed by atoms with E-state index in [0.717, 1.165) is 16.7 Å². The van der Waals surface area contributed by atoms with Crippen LogP contribution >= 0.6 is 11.6 Å². The molecule has 0 saturated carbocycles. The first kappa shape index (κ1) is 20.3. The quantitative estimate of drug-likeness (QED) is 0.813. The number of primary amides is 1. The van der Waals surface area contributed by atoms with Crippen molar-refractivity contribution in [3.8, 4) is 16.9 Å². The molecule has 0 aromatic heterocycles. The van der Waals surface area contributed by atoms with Crippen LogP contribution in [0, 0.1) is 6.92 Å². The highest BCUT2D eigenvalue weighted by Crippen LogP contribution is 2.34. The number of hydrogen-bond donors (Lipinski definition) is 2. The fourth-order valence-corrected chi connectivity index (χ4v) is 1.96. The lowest BCUT2D eigenvalue weighted by atomic mass is 10.0. The van der Waals surface area contributed by atoms with E-state index in [4.69, 9.17) is 32.0 Å². The van der Waals surface area contributed by atoms with Crippen LogP contribution in [0.25, 0.3) is 11.1 Å². The molecule has 0 radical (unpaired) electrons. The van der Waals surface area contributed by atoms with Crippen molar-refractivity contribution in [3.63, 3.8) is 0 Å². The van der Waals surface area contributed by atoms with E-state index < -0.39 is 18.2 Å². The number of carboxylic acids is 1. The van der Waals surface area contributed by atoms with Crippen molar-refractivity contribution in [2.75, 3.05) is 0 Å². The number of rotatable bonds is 2. The first-order valence-corrected chi connectivity index (χ1v) is 7.03. The highest BCUT2D eigenvalue weighted by Gasteiger charge is 2.38. The third-order valence-electron chi connectivity index (χ3n) is 2.79. The van der Waals surface area contributed by atoms with Gasteiger partial charge in [0, 0.05) is 10.6 Å². The summed E-state index contributed by atoms with van der Waals surface area (Å²) in [6, 6.07) is 12.9. The molecule has 0 aliphatic carbocycles. The summed E-state index contributed by atoms with van der Waals surface area (Å²) >= 11 is 5.96. The van der Waals surface area contributed by atoms with Crippen LogP contribution in [0.4, 0.5) is 18.0 Å². The van der Waals surface area contributed by atoms with E-state index in [1.165, 1.54) is 0 Å².